The van der Waals surface area contributed by atoms with E-state index in [0.29, 0.717) is 6.42 Å². The lowest BCUT2D eigenvalue weighted by Gasteiger charge is -2.24. The second-order valence-electron chi connectivity index (χ2n) is 8.21. The van der Waals surface area contributed by atoms with E-state index in [1.165, 1.54) is 70.6 Å². The van der Waals surface area contributed by atoms with Crippen LogP contribution >= 0.6 is 0 Å². The molecule has 0 aromatic carbocycles. The fourth-order valence-electron chi connectivity index (χ4n) is 3.02. The molecule has 0 aliphatic carbocycles. The third-order valence-electron chi connectivity index (χ3n) is 5.16. The Bertz CT molecular complexity index is 431. The van der Waals surface area contributed by atoms with Crippen molar-refractivity contribution in [3.05, 3.63) is 25.3 Å². The Kier molecular flexibility index (Phi) is 32.6. The molecule has 204 valence electrons. The normalized spacial score (nSPS) is 14.3. The van der Waals surface area contributed by atoms with Crippen LogP contribution in [0.25, 0.3) is 0 Å². The zero-order chi connectivity index (χ0) is 26.6. The van der Waals surface area contributed by atoms with Gasteiger partial charge in [0.05, 0.1) is 13.2 Å². The smallest absolute Gasteiger partial charge is 0.303 e. The molecule has 0 unspecified atom stereocenters. The van der Waals surface area contributed by atoms with Crippen molar-refractivity contribution in [3.63, 3.8) is 0 Å². The summed E-state index contributed by atoms with van der Waals surface area (Å²) >= 11 is 0. The highest BCUT2D eigenvalue weighted by Crippen LogP contribution is 2.10. The molecule has 34 heavy (non-hydrogen) atoms. The molecule has 0 heterocycles. The van der Waals surface area contributed by atoms with Gasteiger partial charge in [0.2, 0.25) is 0 Å². The topological polar surface area (TPSA) is 159 Å². The van der Waals surface area contributed by atoms with E-state index in [1.807, 2.05) is 0 Å². The second-order valence-corrected chi connectivity index (χ2v) is 8.21. The SMILES string of the molecule is C=C.CCCCCCCC/C=C\CCCCCCCC(=O)O.OC[C@@H](O)[C@@H](O)[C@H](O)[C@@H](O)CO. The average molecular weight is 493 g/mol. The van der Waals surface area contributed by atoms with Crippen molar-refractivity contribution in [2.75, 3.05) is 13.2 Å². The lowest BCUT2D eigenvalue weighted by molar-refractivity contribution is -0.137. The third kappa shape index (κ3) is 27.0. The zero-order valence-corrected chi connectivity index (χ0v) is 21.2. The van der Waals surface area contributed by atoms with Crippen LogP contribution in [0.5, 0.6) is 0 Å². The van der Waals surface area contributed by atoms with Crippen LogP contribution in [-0.4, -0.2) is 79.3 Å². The molecule has 0 saturated carbocycles. The van der Waals surface area contributed by atoms with Gasteiger partial charge in [-0.3, -0.25) is 4.79 Å². The standard InChI is InChI=1S/C18H34O2.C6H14O6.C2H4/c1-2-3-4-5-6-7-8-9-10-11-12-13-14-15-16-17-18(19)20;7-1-3(9)5(11)6(12)4(10)2-8;1-2/h9-10H,2-8,11-17H2,1H3,(H,19,20);3-12H,1-2H2;1-2H2/b10-9-;;/t;3-,4+,5-,6-;/m.1./s1. The lowest BCUT2D eigenvalue weighted by Crippen LogP contribution is -2.46. The molecule has 0 aromatic rings. The number of aliphatic hydroxyl groups is 6. The van der Waals surface area contributed by atoms with Gasteiger partial charge in [-0.05, 0) is 32.1 Å². The Morgan fingerprint density at radius 2 is 1.03 bits per heavy atom. The molecule has 0 spiro atoms. The predicted molar refractivity (Wildman–Crippen MR) is 137 cm³/mol. The van der Waals surface area contributed by atoms with Crippen LogP contribution < -0.4 is 0 Å². The molecule has 0 saturated heterocycles. The summed E-state index contributed by atoms with van der Waals surface area (Å²) in [6.45, 7) is 6.81. The summed E-state index contributed by atoms with van der Waals surface area (Å²) in [7, 11) is 0. The second kappa shape index (κ2) is 29.7. The largest absolute Gasteiger partial charge is 0.481 e. The molecule has 0 aromatic heterocycles. The van der Waals surface area contributed by atoms with Gasteiger partial charge in [-0.2, -0.15) is 0 Å². The van der Waals surface area contributed by atoms with Crippen molar-refractivity contribution in [1.82, 2.24) is 0 Å². The first-order valence-electron chi connectivity index (χ1n) is 12.6. The highest BCUT2D eigenvalue weighted by Gasteiger charge is 2.29. The average Bonchev–Trinajstić information content (AvgIpc) is 2.85. The molecular formula is C26H52O8. The van der Waals surface area contributed by atoms with E-state index in [0.717, 1.165) is 12.8 Å². The van der Waals surface area contributed by atoms with Gasteiger partial charge in [0, 0.05) is 6.42 Å². The number of allylic oxidation sites excluding steroid dienone is 2. The number of unbranched alkanes of at least 4 members (excludes halogenated alkanes) is 11. The Morgan fingerprint density at radius 3 is 1.38 bits per heavy atom. The van der Waals surface area contributed by atoms with Crippen molar-refractivity contribution < 1.29 is 40.5 Å². The van der Waals surface area contributed by atoms with E-state index >= 15 is 0 Å². The van der Waals surface area contributed by atoms with Gasteiger partial charge >= 0.3 is 5.97 Å². The molecule has 8 heteroatoms. The van der Waals surface area contributed by atoms with Gasteiger partial charge < -0.3 is 35.7 Å². The molecule has 0 rings (SSSR count). The van der Waals surface area contributed by atoms with E-state index < -0.39 is 43.6 Å². The Hall–Kier alpha value is -1.29. The summed E-state index contributed by atoms with van der Waals surface area (Å²) in [6, 6.07) is 0. The molecule has 0 fully saturated rings. The summed E-state index contributed by atoms with van der Waals surface area (Å²) in [5.74, 6) is -0.664. The number of aliphatic hydroxyl groups excluding tert-OH is 6. The molecule has 0 bridgehead atoms. The summed E-state index contributed by atoms with van der Waals surface area (Å²) in [6.07, 6.45) is 14.8. The van der Waals surface area contributed by atoms with Gasteiger partial charge in [0.25, 0.3) is 0 Å². The van der Waals surface area contributed by atoms with Crippen molar-refractivity contribution in [1.29, 1.82) is 0 Å². The fraction of sp³-hybridized carbons (Fsp3) is 0.808. The molecular weight excluding hydrogens is 440 g/mol. The number of rotatable bonds is 20. The molecule has 0 radical (unpaired) electrons. The van der Waals surface area contributed by atoms with Crippen LogP contribution in [0.4, 0.5) is 0 Å². The van der Waals surface area contributed by atoms with Crippen molar-refractivity contribution in [2.45, 2.75) is 121 Å². The third-order valence-corrected chi connectivity index (χ3v) is 5.16. The highest BCUT2D eigenvalue weighted by molar-refractivity contribution is 5.66. The molecule has 0 amide bonds. The van der Waals surface area contributed by atoms with Crippen LogP contribution in [0.1, 0.15) is 96.8 Å². The van der Waals surface area contributed by atoms with E-state index in [9.17, 15) is 4.79 Å². The van der Waals surface area contributed by atoms with Crippen LogP contribution in [0.3, 0.4) is 0 Å². The van der Waals surface area contributed by atoms with E-state index in [4.69, 9.17) is 35.7 Å². The first-order chi connectivity index (χ1) is 16.3. The van der Waals surface area contributed by atoms with Gasteiger partial charge in [-0.15, -0.1) is 13.2 Å². The first-order valence-corrected chi connectivity index (χ1v) is 12.6. The van der Waals surface area contributed by atoms with Crippen molar-refractivity contribution in [3.8, 4) is 0 Å². The molecule has 0 aliphatic rings. The van der Waals surface area contributed by atoms with Gasteiger partial charge in [0.1, 0.15) is 24.4 Å². The molecule has 0 aliphatic heterocycles. The number of carboxylic acid groups (broad SMARTS) is 1. The van der Waals surface area contributed by atoms with E-state index in [1.54, 1.807) is 0 Å². The highest BCUT2D eigenvalue weighted by atomic mass is 16.4. The van der Waals surface area contributed by atoms with E-state index in [-0.39, 0.29) is 0 Å². The fourth-order valence-corrected chi connectivity index (χ4v) is 3.02. The Labute approximate surface area is 206 Å². The maximum atomic E-state index is 10.3. The number of hydrogen-bond acceptors (Lipinski definition) is 7. The number of carbonyl (C=O) groups is 1. The number of aliphatic carboxylic acids is 1. The Balaban J connectivity index is -0.000000585. The molecule has 7 N–H and O–H groups in total. The minimum Gasteiger partial charge on any atom is -0.481 e. The van der Waals surface area contributed by atoms with Crippen molar-refractivity contribution in [2.24, 2.45) is 0 Å². The summed E-state index contributed by atoms with van der Waals surface area (Å²) < 4.78 is 0. The van der Waals surface area contributed by atoms with Crippen LogP contribution in [0.15, 0.2) is 25.3 Å². The van der Waals surface area contributed by atoms with Crippen LogP contribution in [0, 0.1) is 0 Å². The van der Waals surface area contributed by atoms with Gasteiger partial charge in [-0.1, -0.05) is 70.4 Å². The maximum absolute atomic E-state index is 10.3. The van der Waals surface area contributed by atoms with E-state index in [2.05, 4.69) is 32.2 Å². The minimum absolute atomic E-state index is 0.332. The maximum Gasteiger partial charge on any atom is 0.303 e. The van der Waals surface area contributed by atoms with Crippen molar-refractivity contribution >= 4 is 5.97 Å². The van der Waals surface area contributed by atoms with Gasteiger partial charge in [-0.25, -0.2) is 0 Å². The Morgan fingerprint density at radius 1 is 0.676 bits per heavy atom. The minimum atomic E-state index is -1.67. The first kappa shape index (κ1) is 37.3. The molecule has 8 nitrogen and oxygen atoms in total. The monoisotopic (exact) mass is 492 g/mol. The molecule has 4 atom stereocenters. The summed E-state index contributed by atoms with van der Waals surface area (Å²) in [4.78, 5) is 10.3. The van der Waals surface area contributed by atoms with Crippen LogP contribution in [-0.2, 0) is 4.79 Å². The van der Waals surface area contributed by atoms with Crippen LogP contribution in [0.2, 0.25) is 0 Å². The lowest BCUT2D eigenvalue weighted by atomic mass is 10.0. The quantitative estimate of drug-likeness (QED) is 0.101. The van der Waals surface area contributed by atoms with Gasteiger partial charge in [0.15, 0.2) is 0 Å². The number of carboxylic acids is 1. The zero-order valence-electron chi connectivity index (χ0n) is 21.2. The predicted octanol–water partition coefficient (Wildman–Crippen LogP) is 3.33. The number of hydrogen-bond donors (Lipinski definition) is 7. The summed E-state index contributed by atoms with van der Waals surface area (Å²) in [5.41, 5.74) is 0. The summed E-state index contributed by atoms with van der Waals surface area (Å²) in [5, 5.41) is 60.7.